The largest absolute Gasteiger partial charge is 0.311 e. The first-order valence-electron chi connectivity index (χ1n) is 27.0. The van der Waals surface area contributed by atoms with E-state index in [0.29, 0.717) is 5.92 Å². The van der Waals surface area contributed by atoms with Gasteiger partial charge in [0.25, 0.3) is 6.71 Å². The van der Waals surface area contributed by atoms with Crippen molar-refractivity contribution < 1.29 is 0 Å². The third kappa shape index (κ3) is 8.24. The lowest BCUT2D eigenvalue weighted by atomic mass is 9.33. The standard InChI is InChI=1S/C68H76BN3S/c1-42(2)44-21-28-48(29-22-44)70(56-20-18-17-19-43(56)3)51-38-58-62-59(39-51)72(50-32-25-46(26-33-50)65(7,8)9)63-61(52-37-47(66(10,11)12)27-34-60(52)73-63)69(62)55-40-53-54(68(15,16)36-35-67(53,13)14)41-57(55)71(58)49-30-23-45(24-31-49)64(4,5)6/h17-34,37-42H,35-36H2,1-16H3. The molecule has 0 bridgehead atoms. The van der Waals surface area contributed by atoms with Crippen LogP contribution in [0.4, 0.5) is 50.5 Å². The molecule has 1 aromatic heterocycles. The maximum absolute atomic E-state index is 2.69. The Kier molecular flexibility index (Phi) is 11.5. The number of anilines is 9. The zero-order valence-corrected chi connectivity index (χ0v) is 47.4. The lowest BCUT2D eigenvalue weighted by Gasteiger charge is -2.47. The summed E-state index contributed by atoms with van der Waals surface area (Å²) < 4.78 is 1.33. The molecule has 5 heteroatoms. The SMILES string of the molecule is Cc1ccccc1N(c1ccc(C(C)C)cc1)c1cc2c3c(c1)N(c1ccc(C(C)(C)C)cc1)c1sc4ccc(C(C)(C)C)cc4c1B3c1cc3c(cc1N2c1ccc(C(C)(C)C)cc1)C(C)(C)CCC3(C)C. The molecule has 73 heavy (non-hydrogen) atoms. The molecule has 0 unspecified atom stereocenters. The molecular formula is C68H76BN3S. The highest BCUT2D eigenvalue weighted by Gasteiger charge is 2.48. The molecule has 1 aliphatic carbocycles. The molecule has 11 rings (SSSR count). The van der Waals surface area contributed by atoms with Crippen LogP contribution >= 0.6 is 11.3 Å². The van der Waals surface area contributed by atoms with Crippen LogP contribution in [0.5, 0.6) is 0 Å². The number of benzene rings is 7. The minimum Gasteiger partial charge on any atom is -0.311 e. The van der Waals surface area contributed by atoms with Gasteiger partial charge in [-0.15, -0.1) is 11.3 Å². The summed E-state index contributed by atoms with van der Waals surface area (Å²) in [6.45, 7) is 37.7. The van der Waals surface area contributed by atoms with Gasteiger partial charge in [0.1, 0.15) is 0 Å². The number of para-hydroxylation sites is 1. The van der Waals surface area contributed by atoms with Gasteiger partial charge < -0.3 is 14.7 Å². The fourth-order valence-corrected chi connectivity index (χ4v) is 13.4. The van der Waals surface area contributed by atoms with Crippen molar-refractivity contribution >= 4 is 95.0 Å². The molecule has 7 aromatic carbocycles. The van der Waals surface area contributed by atoms with Crippen LogP contribution in [0.15, 0.2) is 140 Å². The summed E-state index contributed by atoms with van der Waals surface area (Å²) in [5, 5.41) is 2.67. The Morgan fingerprint density at radius 3 is 1.60 bits per heavy atom. The van der Waals surface area contributed by atoms with Gasteiger partial charge in [0.15, 0.2) is 0 Å². The van der Waals surface area contributed by atoms with Gasteiger partial charge in [0, 0.05) is 44.5 Å². The molecule has 3 aliphatic rings. The number of hydrogen-bond acceptors (Lipinski definition) is 4. The average molecular weight is 978 g/mol. The van der Waals surface area contributed by atoms with Crippen LogP contribution in [0.2, 0.25) is 0 Å². The van der Waals surface area contributed by atoms with Gasteiger partial charge in [-0.25, -0.2) is 0 Å². The monoisotopic (exact) mass is 978 g/mol. The Morgan fingerprint density at radius 2 is 1.05 bits per heavy atom. The summed E-state index contributed by atoms with van der Waals surface area (Å²) in [6, 6.07) is 55.1. The Balaban J connectivity index is 1.31. The average Bonchev–Trinajstić information content (AvgIpc) is 3.71. The zero-order chi connectivity index (χ0) is 51.9. The molecule has 0 atom stereocenters. The van der Waals surface area contributed by atoms with Gasteiger partial charge in [-0.3, -0.25) is 0 Å². The van der Waals surface area contributed by atoms with Crippen molar-refractivity contribution in [2.24, 2.45) is 0 Å². The highest BCUT2D eigenvalue weighted by atomic mass is 32.1. The maximum Gasteiger partial charge on any atom is 0.254 e. The van der Waals surface area contributed by atoms with Gasteiger partial charge in [0.05, 0.1) is 10.7 Å². The van der Waals surface area contributed by atoms with E-state index in [1.807, 2.05) is 11.3 Å². The Hall–Kier alpha value is -6.04. The highest BCUT2D eigenvalue weighted by molar-refractivity contribution is 7.26. The minimum absolute atomic E-state index is 0.0142. The Bertz CT molecular complexity index is 3440. The molecule has 0 amide bonds. The third-order valence-electron chi connectivity index (χ3n) is 16.9. The molecule has 0 spiro atoms. The van der Waals surface area contributed by atoms with E-state index < -0.39 is 0 Å². The van der Waals surface area contributed by atoms with Crippen LogP contribution in [-0.4, -0.2) is 6.71 Å². The summed E-state index contributed by atoms with van der Waals surface area (Å²) in [5.41, 5.74) is 23.4. The second-order valence-electron chi connectivity index (χ2n) is 26.5. The Morgan fingerprint density at radius 1 is 0.534 bits per heavy atom. The van der Waals surface area contributed by atoms with E-state index >= 15 is 0 Å². The molecule has 0 fully saturated rings. The summed E-state index contributed by atoms with van der Waals surface area (Å²) in [7, 11) is 0. The van der Waals surface area contributed by atoms with Crippen LogP contribution in [0, 0.1) is 6.92 Å². The van der Waals surface area contributed by atoms with E-state index in [1.54, 1.807) is 0 Å². The Labute approximate surface area is 442 Å². The van der Waals surface area contributed by atoms with Crippen molar-refractivity contribution in [1.29, 1.82) is 0 Å². The molecule has 0 saturated carbocycles. The molecular weight excluding hydrogens is 902 g/mol. The van der Waals surface area contributed by atoms with Crippen molar-refractivity contribution in [3.63, 3.8) is 0 Å². The predicted molar refractivity (Wildman–Crippen MR) is 321 cm³/mol. The van der Waals surface area contributed by atoms with E-state index in [1.165, 1.54) is 105 Å². The normalized spacial score (nSPS) is 15.8. The minimum atomic E-state index is -0.0217. The van der Waals surface area contributed by atoms with Crippen LogP contribution in [-0.2, 0) is 27.1 Å². The van der Waals surface area contributed by atoms with Gasteiger partial charge >= 0.3 is 0 Å². The lowest BCUT2D eigenvalue weighted by Crippen LogP contribution is -2.61. The van der Waals surface area contributed by atoms with E-state index in [2.05, 4.69) is 265 Å². The van der Waals surface area contributed by atoms with E-state index in [9.17, 15) is 0 Å². The van der Waals surface area contributed by atoms with Crippen molar-refractivity contribution in [3.05, 3.63) is 178 Å². The maximum atomic E-state index is 2.69. The van der Waals surface area contributed by atoms with E-state index in [-0.39, 0.29) is 33.8 Å². The summed E-state index contributed by atoms with van der Waals surface area (Å²) >= 11 is 1.96. The van der Waals surface area contributed by atoms with E-state index in [4.69, 9.17) is 0 Å². The molecule has 0 radical (unpaired) electrons. The van der Waals surface area contributed by atoms with Crippen LogP contribution < -0.4 is 31.1 Å². The van der Waals surface area contributed by atoms with Crippen molar-refractivity contribution in [3.8, 4) is 0 Å². The fourth-order valence-electron chi connectivity index (χ4n) is 12.2. The second kappa shape index (κ2) is 17.0. The molecule has 372 valence electrons. The molecule has 0 N–H and O–H groups in total. The van der Waals surface area contributed by atoms with Crippen molar-refractivity contribution in [2.45, 2.75) is 157 Å². The van der Waals surface area contributed by atoms with Gasteiger partial charge in [-0.2, -0.15) is 0 Å². The number of thiophene rings is 1. The number of hydrogen-bond donors (Lipinski definition) is 0. The van der Waals surface area contributed by atoms with Gasteiger partial charge in [-0.05, 0) is 180 Å². The summed E-state index contributed by atoms with van der Waals surface area (Å²) in [4.78, 5) is 7.84. The second-order valence-corrected chi connectivity index (χ2v) is 27.5. The molecule has 0 saturated heterocycles. The first-order chi connectivity index (χ1) is 34.3. The number of aryl methyl sites for hydroxylation is 1. The summed E-state index contributed by atoms with van der Waals surface area (Å²) in [6.07, 6.45) is 2.31. The van der Waals surface area contributed by atoms with Crippen LogP contribution in [0.3, 0.4) is 0 Å². The van der Waals surface area contributed by atoms with Gasteiger partial charge in [0.2, 0.25) is 0 Å². The first-order valence-corrected chi connectivity index (χ1v) is 27.8. The molecule has 3 nitrogen and oxygen atoms in total. The quantitative estimate of drug-likeness (QED) is 0.154. The molecule has 8 aromatic rings. The van der Waals surface area contributed by atoms with Crippen molar-refractivity contribution in [1.82, 2.24) is 0 Å². The van der Waals surface area contributed by atoms with Crippen LogP contribution in [0.1, 0.15) is 162 Å². The molecule has 3 heterocycles. The fraction of sp³-hybridized carbons (Fsp3) is 0.353. The smallest absolute Gasteiger partial charge is 0.254 e. The lowest BCUT2D eigenvalue weighted by molar-refractivity contribution is 0.332. The number of nitrogens with zero attached hydrogens (tertiary/aromatic N) is 3. The first kappa shape index (κ1) is 49.2. The number of rotatable bonds is 6. The van der Waals surface area contributed by atoms with Gasteiger partial charge in [-0.1, -0.05) is 177 Å². The number of fused-ring (bicyclic) bond motifs is 7. The van der Waals surface area contributed by atoms with E-state index in [0.717, 1.165) is 24.2 Å². The topological polar surface area (TPSA) is 9.72 Å². The third-order valence-corrected chi connectivity index (χ3v) is 18.1. The molecule has 2 aliphatic heterocycles. The van der Waals surface area contributed by atoms with Crippen molar-refractivity contribution in [2.75, 3.05) is 14.7 Å². The zero-order valence-electron chi connectivity index (χ0n) is 46.6. The summed E-state index contributed by atoms with van der Waals surface area (Å²) in [5.74, 6) is 0.430. The highest BCUT2D eigenvalue weighted by Crippen LogP contribution is 2.54. The predicted octanol–water partition coefficient (Wildman–Crippen LogP) is 18.1. The van der Waals surface area contributed by atoms with Crippen LogP contribution in [0.25, 0.3) is 10.1 Å².